The first-order chi connectivity index (χ1) is 14.7. The fourth-order valence-corrected chi connectivity index (χ4v) is 3.45. The van der Waals surface area contributed by atoms with Crippen LogP contribution in [0.5, 0.6) is 0 Å². The fourth-order valence-electron chi connectivity index (χ4n) is 3.45. The normalized spacial score (nSPS) is 15.0. The monoisotopic (exact) mass is 437 g/mol. The lowest BCUT2D eigenvalue weighted by atomic mass is 10.1. The number of piperazine rings is 1. The summed E-state index contributed by atoms with van der Waals surface area (Å²) in [5, 5.41) is 2.33. The standard InChI is InChI=1S/C22H23F4N3O2/c23-17-8-5-16(6-9-17)7-10-21(31)29-13-11-28(12-14-29)15-20(30)27-19-4-2-1-3-18(19)22(24,25)26/h1-6,8-9H,7,10-15H2,(H,27,30). The number of alkyl halides is 3. The molecule has 0 spiro atoms. The van der Waals surface area contributed by atoms with Crippen molar-refractivity contribution in [3.63, 3.8) is 0 Å². The van der Waals surface area contributed by atoms with Gasteiger partial charge in [-0.15, -0.1) is 0 Å². The number of halogens is 4. The first kappa shape index (κ1) is 22.7. The Morgan fingerprint density at radius 1 is 0.935 bits per heavy atom. The minimum absolute atomic E-state index is 0.0208. The fraction of sp³-hybridized carbons (Fsp3) is 0.364. The third kappa shape index (κ3) is 6.52. The molecule has 31 heavy (non-hydrogen) atoms. The van der Waals surface area contributed by atoms with E-state index >= 15 is 0 Å². The van der Waals surface area contributed by atoms with Crippen LogP contribution in [-0.4, -0.2) is 54.3 Å². The van der Waals surface area contributed by atoms with Crippen molar-refractivity contribution in [2.24, 2.45) is 0 Å². The number of hydrogen-bond acceptors (Lipinski definition) is 3. The average molecular weight is 437 g/mol. The van der Waals surface area contributed by atoms with Gasteiger partial charge >= 0.3 is 6.18 Å². The van der Waals surface area contributed by atoms with E-state index in [0.717, 1.165) is 11.6 Å². The Kier molecular flexibility index (Phi) is 7.27. The lowest BCUT2D eigenvalue weighted by Crippen LogP contribution is -2.50. The molecule has 0 atom stereocenters. The number of carbonyl (C=O) groups excluding carboxylic acids is 2. The summed E-state index contributed by atoms with van der Waals surface area (Å²) in [7, 11) is 0. The van der Waals surface area contributed by atoms with Gasteiger partial charge in [-0.3, -0.25) is 14.5 Å². The maximum Gasteiger partial charge on any atom is 0.418 e. The van der Waals surface area contributed by atoms with E-state index in [1.807, 2.05) is 0 Å². The molecule has 9 heteroatoms. The number of benzene rings is 2. The van der Waals surface area contributed by atoms with Crippen LogP contribution in [0.1, 0.15) is 17.5 Å². The predicted molar refractivity (Wildman–Crippen MR) is 108 cm³/mol. The van der Waals surface area contributed by atoms with Crippen LogP contribution in [0, 0.1) is 5.82 Å². The van der Waals surface area contributed by atoms with Crippen molar-refractivity contribution in [1.82, 2.24) is 9.80 Å². The summed E-state index contributed by atoms with van der Waals surface area (Å²) in [5.41, 5.74) is -0.279. The molecule has 0 radical (unpaired) electrons. The third-order valence-corrected chi connectivity index (χ3v) is 5.14. The molecule has 1 aliphatic rings. The molecule has 166 valence electrons. The zero-order valence-electron chi connectivity index (χ0n) is 16.8. The van der Waals surface area contributed by atoms with Gasteiger partial charge in [-0.05, 0) is 36.2 Å². The summed E-state index contributed by atoms with van der Waals surface area (Å²) >= 11 is 0. The van der Waals surface area contributed by atoms with Crippen LogP contribution < -0.4 is 5.32 Å². The van der Waals surface area contributed by atoms with Gasteiger partial charge in [0.05, 0.1) is 17.8 Å². The maximum absolute atomic E-state index is 13.0. The predicted octanol–water partition coefficient (Wildman–Crippen LogP) is 3.56. The zero-order valence-corrected chi connectivity index (χ0v) is 16.8. The summed E-state index contributed by atoms with van der Waals surface area (Å²) < 4.78 is 52.1. The number of nitrogens with one attached hydrogen (secondary N) is 1. The van der Waals surface area contributed by atoms with Crippen molar-refractivity contribution in [2.45, 2.75) is 19.0 Å². The molecule has 1 aliphatic heterocycles. The average Bonchev–Trinajstić information content (AvgIpc) is 2.73. The van der Waals surface area contributed by atoms with E-state index < -0.39 is 17.6 Å². The van der Waals surface area contributed by atoms with Crippen molar-refractivity contribution in [3.05, 3.63) is 65.5 Å². The molecule has 1 heterocycles. The van der Waals surface area contributed by atoms with Crippen molar-refractivity contribution >= 4 is 17.5 Å². The van der Waals surface area contributed by atoms with Crippen molar-refractivity contribution < 1.29 is 27.2 Å². The molecule has 2 aromatic carbocycles. The van der Waals surface area contributed by atoms with Crippen LogP contribution in [0.15, 0.2) is 48.5 Å². The molecule has 0 aliphatic carbocycles. The molecule has 0 aromatic heterocycles. The van der Waals surface area contributed by atoms with Crippen LogP contribution in [0.25, 0.3) is 0 Å². The Morgan fingerprint density at radius 2 is 1.58 bits per heavy atom. The highest BCUT2D eigenvalue weighted by molar-refractivity contribution is 5.93. The molecular weight excluding hydrogens is 414 g/mol. The molecule has 0 saturated carbocycles. The summed E-state index contributed by atoms with van der Waals surface area (Å²) in [6, 6.07) is 10.9. The highest BCUT2D eigenvalue weighted by Crippen LogP contribution is 2.34. The van der Waals surface area contributed by atoms with Gasteiger partial charge in [0.2, 0.25) is 11.8 Å². The lowest BCUT2D eigenvalue weighted by molar-refractivity contribution is -0.137. The number of aryl methyl sites for hydroxylation is 1. The van der Waals surface area contributed by atoms with E-state index in [0.29, 0.717) is 39.0 Å². The SMILES string of the molecule is O=C(CN1CCN(C(=O)CCc2ccc(F)cc2)CC1)Nc1ccccc1C(F)(F)F. The molecule has 1 fully saturated rings. The molecule has 0 unspecified atom stereocenters. The third-order valence-electron chi connectivity index (χ3n) is 5.14. The Morgan fingerprint density at radius 3 is 2.23 bits per heavy atom. The van der Waals surface area contributed by atoms with Gasteiger partial charge in [0.25, 0.3) is 0 Å². The van der Waals surface area contributed by atoms with Crippen molar-refractivity contribution in [1.29, 1.82) is 0 Å². The van der Waals surface area contributed by atoms with Crippen LogP contribution in [0.3, 0.4) is 0 Å². The number of carbonyl (C=O) groups is 2. The van der Waals surface area contributed by atoms with E-state index in [-0.39, 0.29) is 24.0 Å². The van der Waals surface area contributed by atoms with Crippen LogP contribution in [-0.2, 0) is 22.2 Å². The summed E-state index contributed by atoms with van der Waals surface area (Å²) in [6.45, 7) is 1.74. The second kappa shape index (κ2) is 9.91. The molecule has 2 amide bonds. The molecule has 0 bridgehead atoms. The first-order valence-corrected chi connectivity index (χ1v) is 9.93. The smallest absolute Gasteiger partial charge is 0.340 e. The Labute approximate surface area is 177 Å². The largest absolute Gasteiger partial charge is 0.418 e. The van der Waals surface area contributed by atoms with Crippen molar-refractivity contribution in [2.75, 3.05) is 38.0 Å². The van der Waals surface area contributed by atoms with Crippen molar-refractivity contribution in [3.8, 4) is 0 Å². The van der Waals surface area contributed by atoms with E-state index in [1.54, 1.807) is 21.9 Å². The summed E-state index contributed by atoms with van der Waals surface area (Å²) in [5.74, 6) is -0.877. The van der Waals surface area contributed by atoms with Gasteiger partial charge < -0.3 is 10.2 Å². The van der Waals surface area contributed by atoms with Crippen LogP contribution >= 0.6 is 0 Å². The second-order valence-electron chi connectivity index (χ2n) is 7.37. The molecule has 5 nitrogen and oxygen atoms in total. The molecule has 3 rings (SSSR count). The number of rotatable bonds is 6. The Balaban J connectivity index is 1.44. The number of anilines is 1. The highest BCUT2D eigenvalue weighted by atomic mass is 19.4. The maximum atomic E-state index is 13.0. The quantitative estimate of drug-likeness (QED) is 0.704. The minimum atomic E-state index is -4.55. The van der Waals surface area contributed by atoms with Crippen LogP contribution in [0.2, 0.25) is 0 Å². The van der Waals surface area contributed by atoms with Gasteiger partial charge in [0.15, 0.2) is 0 Å². The zero-order chi connectivity index (χ0) is 22.4. The molecular formula is C22H23F4N3O2. The van der Waals surface area contributed by atoms with E-state index in [4.69, 9.17) is 0 Å². The van der Waals surface area contributed by atoms with E-state index in [2.05, 4.69) is 5.32 Å². The van der Waals surface area contributed by atoms with E-state index in [9.17, 15) is 27.2 Å². The summed E-state index contributed by atoms with van der Waals surface area (Å²) in [4.78, 5) is 28.1. The first-order valence-electron chi connectivity index (χ1n) is 9.93. The van der Waals surface area contributed by atoms with Gasteiger partial charge in [-0.1, -0.05) is 24.3 Å². The molecule has 1 N–H and O–H groups in total. The number of hydrogen-bond donors (Lipinski definition) is 1. The lowest BCUT2D eigenvalue weighted by Gasteiger charge is -2.34. The Hall–Kier alpha value is -2.94. The second-order valence-corrected chi connectivity index (χ2v) is 7.37. The Bertz CT molecular complexity index is 908. The van der Waals surface area contributed by atoms with Crippen LogP contribution in [0.4, 0.5) is 23.2 Å². The number of nitrogens with zero attached hydrogens (tertiary/aromatic N) is 2. The minimum Gasteiger partial charge on any atom is -0.340 e. The van der Waals surface area contributed by atoms with E-state index in [1.165, 1.54) is 30.3 Å². The topological polar surface area (TPSA) is 52.7 Å². The van der Waals surface area contributed by atoms with Gasteiger partial charge in [0.1, 0.15) is 5.82 Å². The van der Waals surface area contributed by atoms with Gasteiger partial charge in [-0.2, -0.15) is 13.2 Å². The molecule has 2 aromatic rings. The highest BCUT2D eigenvalue weighted by Gasteiger charge is 2.33. The summed E-state index contributed by atoms with van der Waals surface area (Å²) in [6.07, 6.45) is -3.73. The van der Waals surface area contributed by atoms with Gasteiger partial charge in [-0.25, -0.2) is 4.39 Å². The van der Waals surface area contributed by atoms with Gasteiger partial charge in [0, 0.05) is 32.6 Å². The molecule has 1 saturated heterocycles. The number of para-hydroxylation sites is 1. The number of amides is 2.